The first-order valence-corrected chi connectivity index (χ1v) is 8.81. The van der Waals surface area contributed by atoms with E-state index < -0.39 is 0 Å². The van der Waals surface area contributed by atoms with Gasteiger partial charge in [0, 0.05) is 17.3 Å². The Kier molecular flexibility index (Phi) is 4.83. The Morgan fingerprint density at radius 3 is 2.48 bits per heavy atom. The van der Waals surface area contributed by atoms with Crippen LogP contribution in [0.1, 0.15) is 11.3 Å². The number of furan rings is 1. The minimum Gasteiger partial charge on any atom is -0.467 e. The molecule has 0 saturated carbocycles. The summed E-state index contributed by atoms with van der Waals surface area (Å²) in [7, 11) is 0. The van der Waals surface area contributed by atoms with Gasteiger partial charge in [-0.25, -0.2) is 4.98 Å². The van der Waals surface area contributed by atoms with Gasteiger partial charge in [-0.3, -0.25) is 0 Å². The number of nitrogens with one attached hydrogen (secondary N) is 2. The summed E-state index contributed by atoms with van der Waals surface area (Å²) in [5.74, 6) is 2.13. The van der Waals surface area contributed by atoms with E-state index in [0.29, 0.717) is 12.5 Å². The fourth-order valence-corrected chi connectivity index (χ4v) is 2.77. The Morgan fingerprint density at radius 2 is 1.70 bits per heavy atom. The molecule has 5 nitrogen and oxygen atoms in total. The first kappa shape index (κ1) is 16.8. The van der Waals surface area contributed by atoms with Crippen molar-refractivity contribution < 1.29 is 4.42 Å². The number of hydrogen-bond donors (Lipinski definition) is 2. The first-order chi connectivity index (χ1) is 13.3. The molecule has 0 radical (unpaired) electrons. The van der Waals surface area contributed by atoms with Gasteiger partial charge < -0.3 is 15.1 Å². The Labute approximate surface area is 158 Å². The third-order valence-corrected chi connectivity index (χ3v) is 4.21. The van der Waals surface area contributed by atoms with E-state index in [-0.39, 0.29) is 0 Å². The van der Waals surface area contributed by atoms with Crippen LogP contribution in [0.15, 0.2) is 83.5 Å². The minimum absolute atomic E-state index is 0.549. The summed E-state index contributed by atoms with van der Waals surface area (Å²) < 4.78 is 5.39. The number of anilines is 3. The van der Waals surface area contributed by atoms with Gasteiger partial charge in [-0.15, -0.1) is 0 Å². The predicted molar refractivity (Wildman–Crippen MR) is 108 cm³/mol. The van der Waals surface area contributed by atoms with Gasteiger partial charge in [0.15, 0.2) is 0 Å². The fraction of sp³-hybridized carbons (Fsp3) is 0.0909. The molecule has 134 valence electrons. The van der Waals surface area contributed by atoms with Gasteiger partial charge in [0.1, 0.15) is 11.6 Å². The summed E-state index contributed by atoms with van der Waals surface area (Å²) in [6, 6.07) is 23.9. The number of benzene rings is 2. The zero-order valence-electron chi connectivity index (χ0n) is 15.0. The van der Waals surface area contributed by atoms with Crippen LogP contribution >= 0.6 is 0 Å². The molecule has 2 aromatic heterocycles. The van der Waals surface area contributed by atoms with Gasteiger partial charge in [-0.05, 0) is 30.7 Å². The van der Waals surface area contributed by atoms with E-state index in [2.05, 4.69) is 28.6 Å². The Hall–Kier alpha value is -3.60. The molecule has 2 aromatic carbocycles. The monoisotopic (exact) mass is 356 g/mol. The highest BCUT2D eigenvalue weighted by atomic mass is 16.3. The molecule has 0 spiro atoms. The maximum absolute atomic E-state index is 5.39. The molecule has 0 fully saturated rings. The molecule has 27 heavy (non-hydrogen) atoms. The smallest absolute Gasteiger partial charge is 0.229 e. The average molecular weight is 356 g/mol. The van der Waals surface area contributed by atoms with E-state index in [0.717, 1.165) is 34.1 Å². The van der Waals surface area contributed by atoms with E-state index in [4.69, 9.17) is 9.40 Å². The van der Waals surface area contributed by atoms with Crippen molar-refractivity contribution in [3.63, 3.8) is 0 Å². The van der Waals surface area contributed by atoms with Crippen LogP contribution in [0, 0.1) is 6.92 Å². The molecule has 0 unspecified atom stereocenters. The lowest BCUT2D eigenvalue weighted by atomic mass is 10.1. The van der Waals surface area contributed by atoms with Gasteiger partial charge in [-0.2, -0.15) is 4.98 Å². The quantitative estimate of drug-likeness (QED) is 0.484. The third kappa shape index (κ3) is 4.15. The van der Waals surface area contributed by atoms with Crippen molar-refractivity contribution in [1.82, 2.24) is 9.97 Å². The number of nitrogens with zero attached hydrogens (tertiary/aromatic N) is 2. The number of rotatable bonds is 6. The molecule has 5 heteroatoms. The summed E-state index contributed by atoms with van der Waals surface area (Å²) in [6.45, 7) is 2.61. The minimum atomic E-state index is 0.549. The molecule has 4 rings (SSSR count). The van der Waals surface area contributed by atoms with E-state index in [1.54, 1.807) is 6.26 Å². The zero-order chi connectivity index (χ0) is 18.5. The standard InChI is InChI=1S/C22H20N4O/c1-16-8-5-6-12-19(16)24-22-25-20(17-9-3-2-4-10-17)14-21(26-22)23-15-18-11-7-13-27-18/h2-14H,15H2,1H3,(H2,23,24,25,26). The highest BCUT2D eigenvalue weighted by Gasteiger charge is 2.08. The lowest BCUT2D eigenvalue weighted by Gasteiger charge is -2.12. The summed E-state index contributed by atoms with van der Waals surface area (Å²) in [4.78, 5) is 9.32. The number of aromatic nitrogens is 2. The number of aryl methyl sites for hydroxylation is 1. The summed E-state index contributed by atoms with van der Waals surface area (Å²) in [5.41, 5.74) is 4.01. The van der Waals surface area contributed by atoms with Crippen molar-refractivity contribution in [2.24, 2.45) is 0 Å². The van der Waals surface area contributed by atoms with Crippen LogP contribution < -0.4 is 10.6 Å². The normalized spacial score (nSPS) is 10.6. The molecule has 0 aliphatic heterocycles. The molecule has 0 bridgehead atoms. The van der Waals surface area contributed by atoms with Crippen molar-refractivity contribution in [2.75, 3.05) is 10.6 Å². The summed E-state index contributed by atoms with van der Waals surface area (Å²) >= 11 is 0. The van der Waals surface area contributed by atoms with Crippen molar-refractivity contribution in [1.29, 1.82) is 0 Å². The summed E-state index contributed by atoms with van der Waals surface area (Å²) in [5, 5.41) is 6.64. The van der Waals surface area contributed by atoms with Crippen molar-refractivity contribution in [3.05, 3.63) is 90.4 Å². The molecule has 4 aromatic rings. The van der Waals surface area contributed by atoms with E-state index in [1.165, 1.54) is 0 Å². The number of hydrogen-bond acceptors (Lipinski definition) is 5. The molecule has 0 saturated heterocycles. The fourth-order valence-electron chi connectivity index (χ4n) is 2.77. The van der Waals surface area contributed by atoms with Crippen molar-refractivity contribution in [3.8, 4) is 11.3 Å². The summed E-state index contributed by atoms with van der Waals surface area (Å²) in [6.07, 6.45) is 1.66. The average Bonchev–Trinajstić information content (AvgIpc) is 3.22. The molecule has 0 atom stereocenters. The van der Waals surface area contributed by atoms with Crippen molar-refractivity contribution in [2.45, 2.75) is 13.5 Å². The second-order valence-electron chi connectivity index (χ2n) is 6.20. The largest absolute Gasteiger partial charge is 0.467 e. The molecule has 2 heterocycles. The van der Waals surface area contributed by atoms with Gasteiger partial charge in [-0.1, -0.05) is 48.5 Å². The van der Waals surface area contributed by atoms with E-state index in [9.17, 15) is 0 Å². The molecular formula is C22H20N4O. The maximum atomic E-state index is 5.39. The lowest BCUT2D eigenvalue weighted by molar-refractivity contribution is 0.518. The highest BCUT2D eigenvalue weighted by Crippen LogP contribution is 2.24. The molecule has 0 aliphatic rings. The number of para-hydroxylation sites is 1. The Bertz CT molecular complexity index is 1010. The Morgan fingerprint density at radius 1 is 0.889 bits per heavy atom. The Balaban J connectivity index is 1.66. The first-order valence-electron chi connectivity index (χ1n) is 8.81. The highest BCUT2D eigenvalue weighted by molar-refractivity contribution is 5.67. The van der Waals surface area contributed by atoms with E-state index >= 15 is 0 Å². The molecule has 0 amide bonds. The second-order valence-corrected chi connectivity index (χ2v) is 6.20. The van der Waals surface area contributed by atoms with Crippen LogP contribution in [0.4, 0.5) is 17.5 Å². The predicted octanol–water partition coefficient (Wildman–Crippen LogP) is 5.40. The van der Waals surface area contributed by atoms with Crippen molar-refractivity contribution >= 4 is 17.5 Å². The van der Waals surface area contributed by atoms with Gasteiger partial charge in [0.2, 0.25) is 5.95 Å². The SMILES string of the molecule is Cc1ccccc1Nc1nc(NCc2ccco2)cc(-c2ccccc2)n1. The topological polar surface area (TPSA) is 63.0 Å². The second kappa shape index (κ2) is 7.74. The lowest BCUT2D eigenvalue weighted by Crippen LogP contribution is -2.05. The van der Waals surface area contributed by atoms with Crippen LogP contribution in [0.25, 0.3) is 11.3 Å². The van der Waals surface area contributed by atoms with Gasteiger partial charge in [0.05, 0.1) is 18.5 Å². The van der Waals surface area contributed by atoms with Crippen LogP contribution in [0.2, 0.25) is 0 Å². The van der Waals surface area contributed by atoms with E-state index in [1.807, 2.05) is 66.7 Å². The van der Waals surface area contributed by atoms with Crippen LogP contribution in [-0.4, -0.2) is 9.97 Å². The molecular weight excluding hydrogens is 336 g/mol. The van der Waals surface area contributed by atoms with Crippen LogP contribution in [0.3, 0.4) is 0 Å². The zero-order valence-corrected chi connectivity index (χ0v) is 15.0. The molecule has 2 N–H and O–H groups in total. The van der Waals surface area contributed by atoms with Gasteiger partial charge >= 0.3 is 0 Å². The van der Waals surface area contributed by atoms with Gasteiger partial charge in [0.25, 0.3) is 0 Å². The molecule has 0 aliphatic carbocycles. The maximum Gasteiger partial charge on any atom is 0.229 e. The van der Waals surface area contributed by atoms with Crippen LogP contribution in [0.5, 0.6) is 0 Å². The third-order valence-electron chi connectivity index (χ3n) is 4.21. The van der Waals surface area contributed by atoms with Crippen LogP contribution in [-0.2, 0) is 6.54 Å².